The van der Waals surface area contributed by atoms with E-state index in [1.54, 1.807) is 0 Å². The molecule has 0 atom stereocenters. The van der Waals surface area contributed by atoms with Crippen molar-refractivity contribution in [3.05, 3.63) is 11.1 Å². The number of rotatable bonds is 2. The molecule has 1 aromatic carbocycles. The van der Waals surface area contributed by atoms with Crippen LogP contribution in [0.25, 0.3) is 0 Å². The first-order valence-electron chi connectivity index (χ1n) is 4.44. The molecule has 0 unspecified atom stereocenters. The summed E-state index contributed by atoms with van der Waals surface area (Å²) >= 11 is 0. The molecule has 0 heterocycles. The lowest BCUT2D eigenvalue weighted by molar-refractivity contribution is 0.0493. The van der Waals surface area contributed by atoms with Gasteiger partial charge in [-0.1, -0.05) is 0 Å². The maximum absolute atomic E-state index is 11.4. The summed E-state index contributed by atoms with van der Waals surface area (Å²) in [7, 11) is 0. The third-order valence-corrected chi connectivity index (χ3v) is 2.28. The third-order valence-electron chi connectivity index (χ3n) is 2.28. The van der Waals surface area contributed by atoms with Crippen molar-refractivity contribution in [3.63, 3.8) is 0 Å². The number of nitrogen functional groups attached to an aromatic ring is 4. The van der Waals surface area contributed by atoms with Crippen molar-refractivity contribution in [1.82, 2.24) is 0 Å². The summed E-state index contributed by atoms with van der Waals surface area (Å²) in [5.74, 6) is 7.33. The van der Waals surface area contributed by atoms with E-state index in [1.165, 1.54) is 0 Å². The molecule has 1 rings (SSSR count). The molecule has 0 saturated heterocycles. The van der Waals surface area contributed by atoms with Crippen LogP contribution in [0.5, 0.6) is 0 Å². The molecular weight excluding hydrogens is 244 g/mol. The standard InChI is InChI=1S/C8H12N6O4/c9-3-1(7(15)17-13)4(10)6(12)2(5(3)11)8(16)18-14/h9-14H2. The van der Waals surface area contributed by atoms with Gasteiger partial charge in [0.05, 0.1) is 22.7 Å². The normalized spacial score (nSPS) is 9.89. The zero-order chi connectivity index (χ0) is 14.0. The molecule has 0 aliphatic heterocycles. The Hall–Kier alpha value is -2.72. The van der Waals surface area contributed by atoms with Crippen LogP contribution in [0, 0.1) is 0 Å². The third kappa shape index (κ3) is 1.81. The summed E-state index contributed by atoms with van der Waals surface area (Å²) in [6.45, 7) is 0. The summed E-state index contributed by atoms with van der Waals surface area (Å²) < 4.78 is 0. The van der Waals surface area contributed by atoms with Crippen molar-refractivity contribution in [2.24, 2.45) is 11.8 Å². The molecule has 18 heavy (non-hydrogen) atoms. The predicted molar refractivity (Wildman–Crippen MR) is 63.3 cm³/mol. The number of carbonyl (C=O) groups excluding carboxylic acids is 2. The van der Waals surface area contributed by atoms with Gasteiger partial charge in [0.15, 0.2) is 0 Å². The van der Waals surface area contributed by atoms with Crippen LogP contribution >= 0.6 is 0 Å². The molecule has 12 N–H and O–H groups in total. The van der Waals surface area contributed by atoms with Gasteiger partial charge in [0.1, 0.15) is 11.1 Å². The molecule has 0 radical (unpaired) electrons. The molecular formula is C8H12N6O4. The maximum Gasteiger partial charge on any atom is 0.360 e. The van der Waals surface area contributed by atoms with Crippen molar-refractivity contribution in [3.8, 4) is 0 Å². The van der Waals surface area contributed by atoms with Crippen molar-refractivity contribution >= 4 is 34.7 Å². The highest BCUT2D eigenvalue weighted by atomic mass is 16.7. The van der Waals surface area contributed by atoms with E-state index in [0.717, 1.165) is 0 Å². The predicted octanol–water partition coefficient (Wildman–Crippen LogP) is -1.92. The summed E-state index contributed by atoms with van der Waals surface area (Å²) in [5.41, 5.74) is 20.3. The molecule has 0 amide bonds. The van der Waals surface area contributed by atoms with E-state index >= 15 is 0 Å². The highest BCUT2D eigenvalue weighted by molar-refractivity contribution is 6.14. The van der Waals surface area contributed by atoms with E-state index in [-0.39, 0.29) is 33.9 Å². The Bertz CT molecular complexity index is 453. The van der Waals surface area contributed by atoms with Gasteiger partial charge < -0.3 is 32.6 Å². The van der Waals surface area contributed by atoms with E-state index in [2.05, 4.69) is 9.68 Å². The number of anilines is 4. The number of hydrogen-bond acceptors (Lipinski definition) is 10. The Labute approximate surface area is 101 Å². The van der Waals surface area contributed by atoms with Crippen LogP contribution in [0.4, 0.5) is 22.7 Å². The minimum absolute atomic E-state index is 0.308. The second-order valence-corrected chi connectivity index (χ2v) is 3.22. The topological polar surface area (TPSA) is 209 Å². The zero-order valence-electron chi connectivity index (χ0n) is 9.10. The zero-order valence-corrected chi connectivity index (χ0v) is 9.10. The smallest absolute Gasteiger partial charge is 0.360 e. The highest BCUT2D eigenvalue weighted by Crippen LogP contribution is 2.36. The lowest BCUT2D eigenvalue weighted by Crippen LogP contribution is -2.21. The molecule has 0 aliphatic carbocycles. The van der Waals surface area contributed by atoms with Gasteiger partial charge in [-0.25, -0.2) is 9.59 Å². The fraction of sp³-hybridized carbons (Fsp3) is 0. The molecule has 0 spiro atoms. The fourth-order valence-electron chi connectivity index (χ4n) is 1.39. The van der Waals surface area contributed by atoms with E-state index in [4.69, 9.17) is 34.7 Å². The molecule has 98 valence electrons. The summed E-state index contributed by atoms with van der Waals surface area (Å²) in [6.07, 6.45) is 0. The first kappa shape index (κ1) is 13.3. The van der Waals surface area contributed by atoms with E-state index in [9.17, 15) is 9.59 Å². The van der Waals surface area contributed by atoms with Crippen molar-refractivity contribution in [2.45, 2.75) is 0 Å². The number of hydrogen-bond donors (Lipinski definition) is 6. The average molecular weight is 256 g/mol. The largest absolute Gasteiger partial charge is 0.396 e. The minimum atomic E-state index is -1.05. The molecule has 1 aromatic rings. The van der Waals surface area contributed by atoms with Gasteiger partial charge in [-0.3, -0.25) is 0 Å². The molecule has 0 bridgehead atoms. The number of carbonyl (C=O) groups is 2. The quantitative estimate of drug-likeness (QED) is 0.255. The molecule has 0 fully saturated rings. The van der Waals surface area contributed by atoms with Crippen LogP contribution in [0.2, 0.25) is 0 Å². The fourth-order valence-corrected chi connectivity index (χ4v) is 1.39. The van der Waals surface area contributed by atoms with Gasteiger partial charge in [0.2, 0.25) is 0 Å². The van der Waals surface area contributed by atoms with Gasteiger partial charge in [0.25, 0.3) is 0 Å². The minimum Gasteiger partial charge on any atom is -0.396 e. The lowest BCUT2D eigenvalue weighted by Gasteiger charge is -2.15. The van der Waals surface area contributed by atoms with E-state index < -0.39 is 11.9 Å². The van der Waals surface area contributed by atoms with Crippen LogP contribution in [0.3, 0.4) is 0 Å². The van der Waals surface area contributed by atoms with Crippen LogP contribution < -0.4 is 34.7 Å². The average Bonchev–Trinajstić information content (AvgIpc) is 2.36. The van der Waals surface area contributed by atoms with Crippen LogP contribution in [-0.4, -0.2) is 11.9 Å². The Morgan fingerprint density at radius 3 is 1.06 bits per heavy atom. The van der Waals surface area contributed by atoms with E-state index in [1.807, 2.05) is 0 Å². The van der Waals surface area contributed by atoms with Gasteiger partial charge in [-0.2, -0.15) is 11.8 Å². The number of benzene rings is 1. The Balaban J connectivity index is 3.66. The summed E-state index contributed by atoms with van der Waals surface area (Å²) in [6, 6.07) is 0. The van der Waals surface area contributed by atoms with Crippen LogP contribution in [0.15, 0.2) is 0 Å². The Morgan fingerprint density at radius 2 is 0.889 bits per heavy atom. The summed E-state index contributed by atoms with van der Waals surface area (Å²) in [4.78, 5) is 30.7. The maximum atomic E-state index is 11.4. The monoisotopic (exact) mass is 256 g/mol. The first-order chi connectivity index (χ1) is 8.36. The van der Waals surface area contributed by atoms with Gasteiger partial charge in [0, 0.05) is 0 Å². The van der Waals surface area contributed by atoms with Crippen molar-refractivity contribution in [1.29, 1.82) is 0 Å². The van der Waals surface area contributed by atoms with Gasteiger partial charge in [-0.15, -0.1) is 0 Å². The lowest BCUT2D eigenvalue weighted by atomic mass is 10.0. The second-order valence-electron chi connectivity index (χ2n) is 3.22. The second kappa shape index (κ2) is 4.65. The Kier molecular flexibility index (Phi) is 3.45. The molecule has 0 aromatic heterocycles. The summed E-state index contributed by atoms with van der Waals surface area (Å²) in [5, 5.41) is 0. The Morgan fingerprint density at radius 1 is 0.667 bits per heavy atom. The van der Waals surface area contributed by atoms with Crippen LogP contribution in [0.1, 0.15) is 20.7 Å². The van der Waals surface area contributed by atoms with Crippen LogP contribution in [-0.2, 0) is 9.68 Å². The molecule has 0 aliphatic rings. The molecule has 0 saturated carbocycles. The molecule has 10 heteroatoms. The van der Waals surface area contributed by atoms with Gasteiger partial charge in [-0.05, 0) is 0 Å². The number of nitrogens with two attached hydrogens (primary N) is 6. The first-order valence-corrected chi connectivity index (χ1v) is 4.44. The SMILES string of the molecule is NOC(=O)c1c(N)c(N)c(C(=O)ON)c(N)c1N. The molecule has 10 nitrogen and oxygen atoms in total. The van der Waals surface area contributed by atoms with Gasteiger partial charge >= 0.3 is 11.9 Å². The van der Waals surface area contributed by atoms with E-state index in [0.29, 0.717) is 0 Å². The van der Waals surface area contributed by atoms with Crippen molar-refractivity contribution in [2.75, 3.05) is 22.9 Å². The highest BCUT2D eigenvalue weighted by Gasteiger charge is 2.27. The van der Waals surface area contributed by atoms with Crippen molar-refractivity contribution < 1.29 is 19.3 Å².